The van der Waals surface area contributed by atoms with Crippen LogP contribution < -0.4 is 5.32 Å². The highest BCUT2D eigenvalue weighted by atomic mass is 32.1. The number of thiazole rings is 1. The first-order valence-electron chi connectivity index (χ1n) is 5.41. The second kappa shape index (κ2) is 5.19. The molecule has 2 N–H and O–H groups in total. The van der Waals surface area contributed by atoms with E-state index in [2.05, 4.69) is 20.4 Å². The highest BCUT2D eigenvalue weighted by Gasteiger charge is 2.17. The van der Waals surface area contributed by atoms with Gasteiger partial charge in [0, 0.05) is 12.3 Å². The maximum absolute atomic E-state index is 11.9. The van der Waals surface area contributed by atoms with Crippen molar-refractivity contribution in [1.82, 2.24) is 9.97 Å². The molecule has 0 atom stereocenters. The van der Waals surface area contributed by atoms with E-state index in [-0.39, 0.29) is 5.76 Å². The van der Waals surface area contributed by atoms with Crippen LogP contribution in [-0.4, -0.2) is 26.8 Å². The van der Waals surface area contributed by atoms with Crippen molar-refractivity contribution in [1.29, 1.82) is 0 Å². The zero-order valence-electron chi connectivity index (χ0n) is 10.6. The molecule has 1 amide bonds. The number of anilines is 1. The number of oxazole rings is 1. The van der Waals surface area contributed by atoms with Crippen LogP contribution in [0.1, 0.15) is 34.8 Å². The Bertz CT molecular complexity index is 644. The third-order valence-electron chi connectivity index (χ3n) is 2.36. The fourth-order valence-corrected chi connectivity index (χ4v) is 2.19. The van der Waals surface area contributed by atoms with Crippen molar-refractivity contribution in [3.05, 3.63) is 28.4 Å². The quantitative estimate of drug-likeness (QED) is 0.510. The van der Waals surface area contributed by atoms with E-state index >= 15 is 0 Å². The topological polar surface area (TPSA) is 101 Å². The summed E-state index contributed by atoms with van der Waals surface area (Å²) in [5.74, 6) is 0.199. The maximum Gasteiger partial charge on any atom is 0.295 e. The summed E-state index contributed by atoms with van der Waals surface area (Å²) in [5.41, 5.74) is 1.41. The second-order valence-electron chi connectivity index (χ2n) is 3.82. The minimum Gasteiger partial charge on any atom is -0.436 e. The van der Waals surface area contributed by atoms with E-state index in [0.717, 1.165) is 0 Å². The zero-order chi connectivity index (χ0) is 14.0. The SMILES string of the molecule is CC(=NO)c1csc(NC(=O)c2oc(C)nc2C)n1. The van der Waals surface area contributed by atoms with Gasteiger partial charge in [-0.15, -0.1) is 11.3 Å². The molecule has 2 aromatic rings. The van der Waals surface area contributed by atoms with Crippen LogP contribution >= 0.6 is 11.3 Å². The Kier molecular flexibility index (Phi) is 3.61. The number of nitrogens with zero attached hydrogens (tertiary/aromatic N) is 3. The van der Waals surface area contributed by atoms with Crippen LogP contribution in [-0.2, 0) is 0 Å². The van der Waals surface area contributed by atoms with Gasteiger partial charge in [0.1, 0.15) is 11.4 Å². The molecule has 0 aromatic carbocycles. The summed E-state index contributed by atoms with van der Waals surface area (Å²) in [6.45, 7) is 4.98. The lowest BCUT2D eigenvalue weighted by Gasteiger charge is -1.98. The second-order valence-corrected chi connectivity index (χ2v) is 4.68. The molecule has 8 heteroatoms. The number of oxime groups is 1. The molecule has 2 rings (SSSR count). The number of aryl methyl sites for hydroxylation is 2. The summed E-state index contributed by atoms with van der Waals surface area (Å²) in [6, 6.07) is 0. The molecule has 0 saturated heterocycles. The third-order valence-corrected chi connectivity index (χ3v) is 3.11. The first-order valence-corrected chi connectivity index (χ1v) is 6.29. The van der Waals surface area contributed by atoms with Crippen LogP contribution in [0.15, 0.2) is 15.0 Å². The van der Waals surface area contributed by atoms with Crippen molar-refractivity contribution in [2.75, 3.05) is 5.32 Å². The number of rotatable bonds is 3. The van der Waals surface area contributed by atoms with Crippen LogP contribution in [0.5, 0.6) is 0 Å². The number of amides is 1. The first-order chi connectivity index (χ1) is 9.01. The van der Waals surface area contributed by atoms with Gasteiger partial charge in [0.25, 0.3) is 5.91 Å². The van der Waals surface area contributed by atoms with Gasteiger partial charge in [0.2, 0.25) is 5.76 Å². The zero-order valence-corrected chi connectivity index (χ0v) is 11.4. The van der Waals surface area contributed by atoms with Gasteiger partial charge < -0.3 is 9.62 Å². The Morgan fingerprint density at radius 1 is 1.47 bits per heavy atom. The molecular weight excluding hydrogens is 268 g/mol. The molecule has 0 aliphatic rings. The van der Waals surface area contributed by atoms with Gasteiger partial charge in [-0.05, 0) is 13.8 Å². The minimum absolute atomic E-state index is 0.168. The molecule has 0 aliphatic carbocycles. The monoisotopic (exact) mass is 280 g/mol. The molecule has 2 aromatic heterocycles. The van der Waals surface area contributed by atoms with E-state index in [0.29, 0.717) is 28.1 Å². The Balaban J connectivity index is 2.15. The van der Waals surface area contributed by atoms with E-state index in [9.17, 15) is 4.79 Å². The molecule has 0 saturated carbocycles. The molecule has 0 spiro atoms. The highest BCUT2D eigenvalue weighted by Crippen LogP contribution is 2.18. The molecule has 2 heterocycles. The van der Waals surface area contributed by atoms with Crippen LogP contribution in [0.3, 0.4) is 0 Å². The molecule has 0 bridgehead atoms. The average Bonchev–Trinajstić information content (AvgIpc) is 2.95. The van der Waals surface area contributed by atoms with E-state index < -0.39 is 5.91 Å². The molecule has 100 valence electrons. The van der Waals surface area contributed by atoms with Crippen molar-refractivity contribution in [2.45, 2.75) is 20.8 Å². The lowest BCUT2D eigenvalue weighted by molar-refractivity contribution is 0.0994. The van der Waals surface area contributed by atoms with Gasteiger partial charge in [-0.25, -0.2) is 9.97 Å². The molecule has 0 fully saturated rings. The first kappa shape index (κ1) is 13.2. The van der Waals surface area contributed by atoms with Crippen molar-refractivity contribution in [2.24, 2.45) is 5.16 Å². The van der Waals surface area contributed by atoms with E-state index in [4.69, 9.17) is 9.62 Å². The highest BCUT2D eigenvalue weighted by molar-refractivity contribution is 7.14. The molecular formula is C11H12N4O3S. The van der Waals surface area contributed by atoms with Gasteiger partial charge in [-0.3, -0.25) is 10.1 Å². The number of hydrogen-bond acceptors (Lipinski definition) is 7. The predicted molar refractivity (Wildman–Crippen MR) is 70.0 cm³/mol. The fourth-order valence-electron chi connectivity index (χ4n) is 1.44. The molecule has 19 heavy (non-hydrogen) atoms. The maximum atomic E-state index is 11.9. The van der Waals surface area contributed by atoms with Gasteiger partial charge in [-0.2, -0.15) is 0 Å². The van der Waals surface area contributed by atoms with Gasteiger partial charge >= 0.3 is 0 Å². The molecule has 7 nitrogen and oxygen atoms in total. The van der Waals surface area contributed by atoms with Gasteiger partial charge in [0.15, 0.2) is 11.0 Å². The van der Waals surface area contributed by atoms with E-state index in [1.54, 1.807) is 26.2 Å². The smallest absolute Gasteiger partial charge is 0.295 e. The summed E-state index contributed by atoms with van der Waals surface area (Å²) in [4.78, 5) is 20.1. The average molecular weight is 280 g/mol. The summed E-state index contributed by atoms with van der Waals surface area (Å²) in [7, 11) is 0. The molecule has 0 radical (unpaired) electrons. The van der Waals surface area contributed by atoms with Crippen LogP contribution in [0.2, 0.25) is 0 Å². The Hall–Kier alpha value is -2.22. The largest absolute Gasteiger partial charge is 0.436 e. The summed E-state index contributed by atoms with van der Waals surface area (Å²) in [5, 5.41) is 16.4. The Labute approximate surface area is 113 Å². The summed E-state index contributed by atoms with van der Waals surface area (Å²) < 4.78 is 5.21. The molecule has 0 unspecified atom stereocenters. The van der Waals surface area contributed by atoms with E-state index in [1.807, 2.05) is 0 Å². The Morgan fingerprint density at radius 3 is 2.79 bits per heavy atom. The number of aromatic nitrogens is 2. The summed E-state index contributed by atoms with van der Waals surface area (Å²) in [6.07, 6.45) is 0. The fraction of sp³-hybridized carbons (Fsp3) is 0.273. The lowest BCUT2D eigenvalue weighted by atomic mass is 10.3. The van der Waals surface area contributed by atoms with Crippen LogP contribution in [0, 0.1) is 13.8 Å². The van der Waals surface area contributed by atoms with Crippen molar-refractivity contribution in [3.63, 3.8) is 0 Å². The predicted octanol–water partition coefficient (Wildman–Crippen LogP) is 2.20. The van der Waals surface area contributed by atoms with Crippen molar-refractivity contribution < 1.29 is 14.4 Å². The third kappa shape index (κ3) is 2.79. The van der Waals surface area contributed by atoms with Crippen molar-refractivity contribution >= 4 is 28.1 Å². The van der Waals surface area contributed by atoms with Gasteiger partial charge in [0.05, 0.1) is 5.69 Å². The number of carbonyl (C=O) groups is 1. The number of hydrogen-bond donors (Lipinski definition) is 2. The number of nitrogens with one attached hydrogen (secondary N) is 1. The van der Waals surface area contributed by atoms with E-state index in [1.165, 1.54) is 11.3 Å². The number of carbonyl (C=O) groups excluding carboxylic acids is 1. The van der Waals surface area contributed by atoms with Crippen LogP contribution in [0.25, 0.3) is 0 Å². The lowest BCUT2D eigenvalue weighted by Crippen LogP contribution is -2.12. The minimum atomic E-state index is -0.405. The molecule has 0 aliphatic heterocycles. The van der Waals surface area contributed by atoms with Crippen LogP contribution in [0.4, 0.5) is 5.13 Å². The Morgan fingerprint density at radius 2 is 2.21 bits per heavy atom. The normalized spacial score (nSPS) is 11.6. The summed E-state index contributed by atoms with van der Waals surface area (Å²) >= 11 is 1.23. The van der Waals surface area contributed by atoms with Crippen molar-refractivity contribution in [3.8, 4) is 0 Å². The van der Waals surface area contributed by atoms with Gasteiger partial charge in [-0.1, -0.05) is 5.16 Å². The standard InChI is InChI=1S/C11H12N4O3S/c1-5(15-17)8-4-19-11(13-8)14-10(16)9-6(2)12-7(3)18-9/h4,17H,1-3H3,(H,13,14,16).